The molecule has 2 heterocycles. The van der Waals surface area contributed by atoms with Crippen molar-refractivity contribution in [1.29, 1.82) is 0 Å². The Balaban J connectivity index is 1.24. The third-order valence-corrected chi connectivity index (χ3v) is 9.63. The number of alkyl halides is 3. The molecule has 4 fully saturated rings. The summed E-state index contributed by atoms with van der Waals surface area (Å²) in [5.74, 6) is 4.75. The summed E-state index contributed by atoms with van der Waals surface area (Å²) in [7, 11) is 0. The van der Waals surface area contributed by atoms with Crippen LogP contribution in [0.5, 0.6) is 0 Å². The molecule has 4 saturated carbocycles. The van der Waals surface area contributed by atoms with E-state index in [9.17, 15) is 13.2 Å². The van der Waals surface area contributed by atoms with Gasteiger partial charge in [-0.25, -0.2) is 9.97 Å². The minimum absolute atomic E-state index is 0.0938. The fourth-order valence-electron chi connectivity index (χ4n) is 8.36. The number of aromatic nitrogens is 2. The Bertz CT molecular complexity index is 1390. The number of anilines is 3. The molecule has 0 saturated heterocycles. The van der Waals surface area contributed by atoms with E-state index in [1.165, 1.54) is 43.4 Å². The second-order valence-electron chi connectivity index (χ2n) is 12.2. The minimum Gasteiger partial charge on any atom is -0.399 e. The number of aryl methyl sites for hydroxylation is 1. The second kappa shape index (κ2) is 8.48. The number of nitrogen functional groups attached to an aromatic ring is 1. The minimum atomic E-state index is -4.45. The molecular weight excluding hydrogens is 487 g/mol. The summed E-state index contributed by atoms with van der Waals surface area (Å²) >= 11 is 0. The van der Waals surface area contributed by atoms with Gasteiger partial charge in [0.2, 0.25) is 0 Å². The third-order valence-electron chi connectivity index (χ3n) is 9.63. The van der Waals surface area contributed by atoms with Gasteiger partial charge in [-0.1, -0.05) is 0 Å². The Hall–Kier alpha value is -3.03. The van der Waals surface area contributed by atoms with Gasteiger partial charge in [0, 0.05) is 29.3 Å². The average Bonchev–Trinajstić information content (AvgIpc) is 3.23. The molecule has 0 unspecified atom stereocenters. The predicted octanol–water partition coefficient (Wildman–Crippen LogP) is 6.90. The van der Waals surface area contributed by atoms with E-state index in [2.05, 4.69) is 22.3 Å². The van der Waals surface area contributed by atoms with Gasteiger partial charge in [-0.05, 0) is 118 Å². The summed E-state index contributed by atoms with van der Waals surface area (Å²) in [6.45, 7) is 4.74. The monoisotopic (exact) mass is 521 g/mol. The number of benzene rings is 2. The van der Waals surface area contributed by atoms with Crippen LogP contribution in [0.3, 0.4) is 0 Å². The van der Waals surface area contributed by atoms with Gasteiger partial charge in [0.1, 0.15) is 11.6 Å². The molecule has 8 heteroatoms. The van der Waals surface area contributed by atoms with Crippen LogP contribution in [-0.4, -0.2) is 22.6 Å². The largest absolute Gasteiger partial charge is 0.416 e. The summed E-state index contributed by atoms with van der Waals surface area (Å²) < 4.78 is 40.3. The van der Waals surface area contributed by atoms with Crippen molar-refractivity contribution in [3.05, 3.63) is 52.8 Å². The maximum Gasteiger partial charge on any atom is 0.416 e. The first-order valence-electron chi connectivity index (χ1n) is 13.9. The lowest BCUT2D eigenvalue weighted by atomic mass is 9.54. The number of rotatable bonds is 4. The molecule has 8 rings (SSSR count). The predicted molar refractivity (Wildman–Crippen MR) is 144 cm³/mol. The van der Waals surface area contributed by atoms with Crippen molar-refractivity contribution >= 4 is 28.1 Å². The van der Waals surface area contributed by atoms with Gasteiger partial charge in [0.05, 0.1) is 17.1 Å². The van der Waals surface area contributed by atoms with Crippen LogP contribution in [0.25, 0.3) is 10.9 Å². The fraction of sp³-hybridized carbons (Fsp3) is 0.533. The molecule has 2 aromatic carbocycles. The lowest BCUT2D eigenvalue weighted by Crippen LogP contribution is -2.55. The van der Waals surface area contributed by atoms with E-state index in [-0.39, 0.29) is 5.69 Å². The quantitative estimate of drug-likeness (QED) is 0.366. The molecule has 0 radical (unpaired) electrons. The number of hydrogen-bond donors (Lipinski definition) is 2. The first-order chi connectivity index (χ1) is 18.1. The molecule has 200 valence electrons. The van der Waals surface area contributed by atoms with E-state index in [4.69, 9.17) is 15.7 Å². The maximum absolute atomic E-state index is 13.4. The highest BCUT2D eigenvalue weighted by Gasteiger charge is 2.51. The molecule has 38 heavy (non-hydrogen) atoms. The van der Waals surface area contributed by atoms with E-state index in [1.807, 2.05) is 13.8 Å². The van der Waals surface area contributed by atoms with Gasteiger partial charge in [-0.2, -0.15) is 13.2 Å². The van der Waals surface area contributed by atoms with Crippen LogP contribution in [-0.2, 0) is 12.6 Å². The van der Waals surface area contributed by atoms with Gasteiger partial charge in [0.15, 0.2) is 0 Å². The summed E-state index contributed by atoms with van der Waals surface area (Å²) in [4.78, 5) is 12.1. The van der Waals surface area contributed by atoms with E-state index in [1.54, 1.807) is 6.07 Å². The van der Waals surface area contributed by atoms with Gasteiger partial charge in [0.25, 0.3) is 0 Å². The Morgan fingerprint density at radius 1 is 0.974 bits per heavy atom. The summed E-state index contributed by atoms with van der Waals surface area (Å²) in [6.07, 6.45) is 3.54. The molecule has 1 atom stereocenters. The lowest BCUT2D eigenvalue weighted by molar-refractivity contribution is -0.137. The molecule has 5 aliphatic rings. The highest BCUT2D eigenvalue weighted by molar-refractivity contribution is 5.93. The maximum atomic E-state index is 13.4. The zero-order chi connectivity index (χ0) is 26.3. The smallest absolute Gasteiger partial charge is 0.399 e. The fourth-order valence-corrected chi connectivity index (χ4v) is 8.36. The molecule has 4 aliphatic carbocycles. The van der Waals surface area contributed by atoms with Gasteiger partial charge < -0.3 is 16.0 Å². The van der Waals surface area contributed by atoms with Crippen LogP contribution in [0.2, 0.25) is 0 Å². The first-order valence-corrected chi connectivity index (χ1v) is 13.9. The van der Waals surface area contributed by atoms with Crippen molar-refractivity contribution in [2.24, 2.45) is 23.7 Å². The molecule has 3 N–H and O–H groups in total. The highest BCUT2D eigenvalue weighted by atomic mass is 19.4. The molecule has 4 bridgehead atoms. The van der Waals surface area contributed by atoms with Crippen LogP contribution in [0.1, 0.15) is 67.6 Å². The van der Waals surface area contributed by atoms with Crippen molar-refractivity contribution in [3.8, 4) is 0 Å². The van der Waals surface area contributed by atoms with Crippen molar-refractivity contribution in [2.75, 3.05) is 22.5 Å². The number of fused-ring (bicyclic) bond motifs is 2. The van der Waals surface area contributed by atoms with Crippen molar-refractivity contribution in [2.45, 2.75) is 70.6 Å². The van der Waals surface area contributed by atoms with E-state index < -0.39 is 17.8 Å². The zero-order valence-electron chi connectivity index (χ0n) is 21.9. The third kappa shape index (κ3) is 3.98. The molecule has 0 amide bonds. The van der Waals surface area contributed by atoms with Crippen molar-refractivity contribution in [3.63, 3.8) is 0 Å². The molecule has 1 aliphatic heterocycles. The Morgan fingerprint density at radius 3 is 2.37 bits per heavy atom. The summed E-state index contributed by atoms with van der Waals surface area (Å²) in [6, 6.07) is 8.36. The van der Waals surface area contributed by atoms with Crippen LogP contribution in [0.15, 0.2) is 30.3 Å². The molecule has 5 nitrogen and oxygen atoms in total. The lowest BCUT2D eigenvalue weighted by Gasteiger charge is -2.57. The number of nitrogens with two attached hydrogens (primary N) is 1. The van der Waals surface area contributed by atoms with Gasteiger partial charge >= 0.3 is 6.18 Å². The van der Waals surface area contributed by atoms with E-state index in [0.717, 1.165) is 59.7 Å². The van der Waals surface area contributed by atoms with Crippen LogP contribution < -0.4 is 16.0 Å². The van der Waals surface area contributed by atoms with Crippen molar-refractivity contribution < 1.29 is 13.2 Å². The molecular formula is C30H34F3N5. The SMILES string of the molecule is Cc1nc(N[C@H](C)c2cc(N)cc(C(F)(F)F)c2)c2cc3c(cc2n1)CCN3C1C2CC3CC(C2)CC1C3. The average molecular weight is 522 g/mol. The molecule has 3 aromatic rings. The van der Waals surface area contributed by atoms with Crippen molar-refractivity contribution in [1.82, 2.24) is 9.97 Å². The number of halogens is 3. The van der Waals surface area contributed by atoms with Crippen LogP contribution >= 0.6 is 0 Å². The van der Waals surface area contributed by atoms with Crippen LogP contribution in [0, 0.1) is 30.6 Å². The Labute approximate surface area is 221 Å². The van der Waals surface area contributed by atoms with Gasteiger partial charge in [-0.15, -0.1) is 0 Å². The number of nitrogens with zero attached hydrogens (tertiary/aromatic N) is 3. The Morgan fingerprint density at radius 2 is 1.68 bits per heavy atom. The summed E-state index contributed by atoms with van der Waals surface area (Å²) in [5, 5.41) is 4.31. The number of nitrogens with one attached hydrogen (secondary N) is 1. The first kappa shape index (κ1) is 24.0. The van der Waals surface area contributed by atoms with E-state index >= 15 is 0 Å². The molecule has 0 spiro atoms. The van der Waals surface area contributed by atoms with Crippen LogP contribution in [0.4, 0.5) is 30.4 Å². The topological polar surface area (TPSA) is 67.1 Å². The normalized spacial score (nSPS) is 28.7. The number of hydrogen-bond acceptors (Lipinski definition) is 5. The highest BCUT2D eigenvalue weighted by Crippen LogP contribution is 2.56. The second-order valence-corrected chi connectivity index (χ2v) is 12.2. The molecule has 1 aromatic heterocycles. The standard InChI is InChI=1S/C30H34F3N5/c1-15(20-10-23(30(31,32)33)13-24(34)11-20)35-29-25-14-27-19(12-26(25)36-16(2)37-29)3-4-38(27)28-21-6-17-5-18(8-21)9-22(28)7-17/h10-15,17-18,21-22,28H,3-9,34H2,1-2H3,(H,35,36,37)/t15-,17?,18?,21?,22?,28?/m1/s1. The Kier molecular flexibility index (Phi) is 5.37. The zero-order valence-corrected chi connectivity index (χ0v) is 21.9. The van der Waals surface area contributed by atoms with Gasteiger partial charge in [-0.3, -0.25) is 0 Å². The summed E-state index contributed by atoms with van der Waals surface area (Å²) in [5.41, 5.74) is 9.17. The van der Waals surface area contributed by atoms with E-state index in [0.29, 0.717) is 23.2 Å².